The van der Waals surface area contributed by atoms with Crippen molar-refractivity contribution in [3.8, 4) is 0 Å². The van der Waals surface area contributed by atoms with Gasteiger partial charge in [-0.3, -0.25) is 4.79 Å². The molecular weight excluding hydrogens is 248 g/mol. The van der Waals surface area contributed by atoms with E-state index < -0.39 is 0 Å². The first-order chi connectivity index (χ1) is 8.31. The summed E-state index contributed by atoms with van der Waals surface area (Å²) in [6, 6.07) is 6.08. The van der Waals surface area contributed by atoms with Crippen molar-refractivity contribution in [2.75, 3.05) is 13.1 Å². The largest absolute Gasteiger partial charge is 0.352 e. The number of hydrogen-bond acceptors (Lipinski definition) is 2. The topological polar surface area (TPSA) is 55.1 Å². The fraction of sp³-hybridized carbons (Fsp3) is 0.500. The molecule has 0 spiro atoms. The molecule has 0 bridgehead atoms. The molecule has 2 rings (SSSR count). The third-order valence-electron chi connectivity index (χ3n) is 3.28. The Morgan fingerprint density at radius 1 is 1.22 bits per heavy atom. The molecule has 0 radical (unpaired) electrons. The summed E-state index contributed by atoms with van der Waals surface area (Å²) in [6.07, 6.45) is 5.61. The van der Waals surface area contributed by atoms with Crippen LogP contribution in [0.1, 0.15) is 40.7 Å². The number of nitrogens with one attached hydrogen (secondary N) is 1. The molecule has 3 nitrogen and oxygen atoms in total. The summed E-state index contributed by atoms with van der Waals surface area (Å²) >= 11 is 0. The van der Waals surface area contributed by atoms with E-state index >= 15 is 0 Å². The van der Waals surface area contributed by atoms with E-state index in [1.807, 2.05) is 12.1 Å². The van der Waals surface area contributed by atoms with Crippen molar-refractivity contribution in [2.24, 2.45) is 5.73 Å². The lowest BCUT2D eigenvalue weighted by atomic mass is 9.90. The van der Waals surface area contributed by atoms with Crippen LogP contribution in [0.2, 0.25) is 0 Å². The number of hydrogen-bond donors (Lipinski definition) is 2. The standard InChI is InChI=1S/C14H20N2O.ClH/c15-8-3-9-16-14(17)13-7-6-11-4-1-2-5-12(11)10-13;/h6-7,10H,1-5,8-9,15H2,(H,16,17);1H. The average molecular weight is 269 g/mol. The lowest BCUT2D eigenvalue weighted by molar-refractivity contribution is 0.0953. The SMILES string of the molecule is Cl.NCCCNC(=O)c1ccc2c(c1)CCCC2. The molecule has 4 heteroatoms. The molecule has 0 saturated heterocycles. The Kier molecular flexibility index (Phi) is 6.16. The van der Waals surface area contributed by atoms with Crippen LogP contribution in [0.4, 0.5) is 0 Å². The molecule has 1 aliphatic carbocycles. The molecule has 0 fully saturated rings. The highest BCUT2D eigenvalue weighted by Gasteiger charge is 2.12. The number of amides is 1. The van der Waals surface area contributed by atoms with Gasteiger partial charge in [0, 0.05) is 12.1 Å². The van der Waals surface area contributed by atoms with Crippen molar-refractivity contribution >= 4 is 18.3 Å². The molecule has 18 heavy (non-hydrogen) atoms. The molecule has 0 saturated carbocycles. The Bertz CT molecular complexity index is 407. The summed E-state index contributed by atoms with van der Waals surface area (Å²) in [7, 11) is 0. The fourth-order valence-corrected chi connectivity index (χ4v) is 2.28. The van der Waals surface area contributed by atoms with Gasteiger partial charge in [-0.25, -0.2) is 0 Å². The maximum atomic E-state index is 11.9. The van der Waals surface area contributed by atoms with Gasteiger partial charge in [0.2, 0.25) is 0 Å². The number of halogens is 1. The number of nitrogens with two attached hydrogens (primary N) is 1. The van der Waals surface area contributed by atoms with Gasteiger partial charge >= 0.3 is 0 Å². The van der Waals surface area contributed by atoms with Crippen molar-refractivity contribution in [3.05, 3.63) is 34.9 Å². The highest BCUT2D eigenvalue weighted by Crippen LogP contribution is 2.22. The summed E-state index contributed by atoms with van der Waals surface area (Å²) < 4.78 is 0. The van der Waals surface area contributed by atoms with Crippen LogP contribution in [0.15, 0.2) is 18.2 Å². The van der Waals surface area contributed by atoms with Gasteiger partial charge in [-0.2, -0.15) is 0 Å². The molecule has 0 unspecified atom stereocenters. The van der Waals surface area contributed by atoms with Crippen LogP contribution in [-0.2, 0) is 12.8 Å². The second-order valence-electron chi connectivity index (χ2n) is 4.59. The molecule has 1 amide bonds. The first-order valence-corrected chi connectivity index (χ1v) is 6.41. The highest BCUT2D eigenvalue weighted by molar-refractivity contribution is 5.94. The van der Waals surface area contributed by atoms with E-state index in [1.54, 1.807) is 0 Å². The summed E-state index contributed by atoms with van der Waals surface area (Å²) in [4.78, 5) is 11.9. The lowest BCUT2D eigenvalue weighted by Crippen LogP contribution is -2.26. The number of carbonyl (C=O) groups is 1. The Hall–Kier alpha value is -1.06. The third kappa shape index (κ3) is 3.72. The van der Waals surface area contributed by atoms with Gasteiger partial charge in [-0.1, -0.05) is 6.07 Å². The van der Waals surface area contributed by atoms with Crippen LogP contribution in [-0.4, -0.2) is 19.0 Å². The van der Waals surface area contributed by atoms with Gasteiger partial charge < -0.3 is 11.1 Å². The first-order valence-electron chi connectivity index (χ1n) is 6.41. The van der Waals surface area contributed by atoms with E-state index in [2.05, 4.69) is 11.4 Å². The van der Waals surface area contributed by atoms with Crippen LogP contribution >= 0.6 is 12.4 Å². The van der Waals surface area contributed by atoms with Crippen LogP contribution < -0.4 is 11.1 Å². The van der Waals surface area contributed by atoms with Gasteiger partial charge in [-0.15, -0.1) is 12.4 Å². The molecule has 0 heterocycles. The monoisotopic (exact) mass is 268 g/mol. The van der Waals surface area contributed by atoms with Crippen molar-refractivity contribution in [3.63, 3.8) is 0 Å². The molecule has 1 aromatic carbocycles. The highest BCUT2D eigenvalue weighted by atomic mass is 35.5. The summed E-state index contributed by atoms with van der Waals surface area (Å²) in [5.41, 5.74) is 8.94. The predicted octanol–water partition coefficient (Wildman–Crippen LogP) is 2.07. The van der Waals surface area contributed by atoms with E-state index in [4.69, 9.17) is 5.73 Å². The van der Waals surface area contributed by atoms with Gasteiger partial charge in [0.05, 0.1) is 0 Å². The van der Waals surface area contributed by atoms with Crippen molar-refractivity contribution < 1.29 is 4.79 Å². The maximum absolute atomic E-state index is 11.9. The van der Waals surface area contributed by atoms with Gasteiger partial charge in [0.15, 0.2) is 0 Å². The molecule has 3 N–H and O–H groups in total. The molecule has 0 aliphatic heterocycles. The Labute approximate surface area is 115 Å². The quantitative estimate of drug-likeness (QED) is 0.822. The summed E-state index contributed by atoms with van der Waals surface area (Å²) in [6.45, 7) is 1.27. The van der Waals surface area contributed by atoms with Crippen molar-refractivity contribution in [1.29, 1.82) is 0 Å². The predicted molar refractivity (Wildman–Crippen MR) is 76.3 cm³/mol. The number of rotatable bonds is 4. The number of benzene rings is 1. The number of fused-ring (bicyclic) bond motifs is 1. The van der Waals surface area contributed by atoms with Gasteiger partial charge in [0.1, 0.15) is 0 Å². The molecule has 0 atom stereocenters. The minimum absolute atomic E-state index is 0. The molecule has 100 valence electrons. The molecule has 1 aliphatic rings. The van der Waals surface area contributed by atoms with Crippen LogP contribution in [0, 0.1) is 0 Å². The minimum atomic E-state index is 0. The van der Waals surface area contributed by atoms with E-state index in [1.165, 1.54) is 24.0 Å². The van der Waals surface area contributed by atoms with Gasteiger partial charge in [-0.05, 0) is 61.9 Å². The zero-order chi connectivity index (χ0) is 12.1. The maximum Gasteiger partial charge on any atom is 0.251 e. The van der Waals surface area contributed by atoms with E-state index in [0.717, 1.165) is 24.8 Å². The summed E-state index contributed by atoms with van der Waals surface area (Å²) in [5, 5.41) is 2.89. The smallest absolute Gasteiger partial charge is 0.251 e. The van der Waals surface area contributed by atoms with Crippen molar-refractivity contribution in [1.82, 2.24) is 5.32 Å². The van der Waals surface area contributed by atoms with Crippen LogP contribution in [0.5, 0.6) is 0 Å². The zero-order valence-corrected chi connectivity index (χ0v) is 11.4. The van der Waals surface area contributed by atoms with E-state index in [9.17, 15) is 4.79 Å². The Morgan fingerprint density at radius 3 is 2.67 bits per heavy atom. The second kappa shape index (κ2) is 7.39. The first kappa shape index (κ1) is 15.0. The minimum Gasteiger partial charge on any atom is -0.352 e. The fourth-order valence-electron chi connectivity index (χ4n) is 2.28. The normalized spacial score (nSPS) is 13.4. The van der Waals surface area contributed by atoms with E-state index in [0.29, 0.717) is 13.1 Å². The zero-order valence-electron chi connectivity index (χ0n) is 10.6. The Balaban J connectivity index is 0.00000162. The average Bonchev–Trinajstić information content (AvgIpc) is 2.38. The van der Waals surface area contributed by atoms with Crippen LogP contribution in [0.25, 0.3) is 0 Å². The molecule has 0 aromatic heterocycles. The van der Waals surface area contributed by atoms with E-state index in [-0.39, 0.29) is 18.3 Å². The number of aryl methyl sites for hydroxylation is 2. The molecule has 1 aromatic rings. The third-order valence-corrected chi connectivity index (χ3v) is 3.28. The lowest BCUT2D eigenvalue weighted by Gasteiger charge is -2.16. The molecular formula is C14H21ClN2O. The van der Waals surface area contributed by atoms with Gasteiger partial charge in [0.25, 0.3) is 5.91 Å². The second-order valence-corrected chi connectivity index (χ2v) is 4.59. The van der Waals surface area contributed by atoms with Crippen molar-refractivity contribution in [2.45, 2.75) is 32.1 Å². The Morgan fingerprint density at radius 2 is 1.94 bits per heavy atom. The summed E-state index contributed by atoms with van der Waals surface area (Å²) in [5.74, 6) is 0.0202. The number of carbonyl (C=O) groups excluding carboxylic acids is 1. The van der Waals surface area contributed by atoms with Crippen LogP contribution in [0.3, 0.4) is 0 Å².